The average molecular weight is 323 g/mol. The lowest BCUT2D eigenvalue weighted by atomic mass is 10.1. The Labute approximate surface area is 122 Å². The van der Waals surface area contributed by atoms with Crippen LogP contribution in [0.5, 0.6) is 0 Å². The fourth-order valence-corrected chi connectivity index (χ4v) is 2.67. The van der Waals surface area contributed by atoms with Crippen LogP contribution in [0.1, 0.15) is 36.3 Å². The van der Waals surface area contributed by atoms with Crippen LogP contribution in [0, 0.1) is 6.92 Å². The second-order valence-corrected chi connectivity index (χ2v) is 5.50. The fourth-order valence-electron chi connectivity index (χ4n) is 2.09. The third-order valence-electron chi connectivity index (χ3n) is 3.04. The summed E-state index contributed by atoms with van der Waals surface area (Å²) in [5, 5.41) is 7.84. The van der Waals surface area contributed by atoms with Crippen molar-refractivity contribution < 1.29 is 0 Å². The molecule has 0 spiro atoms. The summed E-state index contributed by atoms with van der Waals surface area (Å²) in [7, 11) is 1.95. The van der Waals surface area contributed by atoms with Gasteiger partial charge >= 0.3 is 0 Å². The monoisotopic (exact) mass is 322 g/mol. The standard InChI is InChI=1S/C14H19BrN4/c1-4-6-17-13(12-8-10(2)5-7-16-12)14-11(15)9-18-19(14)3/h5,7-9,13,17H,4,6H2,1-3H3. The van der Waals surface area contributed by atoms with E-state index in [0.29, 0.717) is 0 Å². The maximum absolute atomic E-state index is 4.51. The van der Waals surface area contributed by atoms with Crippen molar-refractivity contribution in [3.8, 4) is 0 Å². The van der Waals surface area contributed by atoms with E-state index in [2.05, 4.69) is 51.2 Å². The molecule has 102 valence electrons. The highest BCUT2D eigenvalue weighted by Gasteiger charge is 2.21. The predicted octanol–water partition coefficient (Wildman–Crippen LogP) is 2.98. The van der Waals surface area contributed by atoms with E-state index >= 15 is 0 Å². The molecule has 1 atom stereocenters. The molecule has 0 saturated carbocycles. The van der Waals surface area contributed by atoms with Gasteiger partial charge in [0.2, 0.25) is 0 Å². The van der Waals surface area contributed by atoms with E-state index in [1.807, 2.05) is 30.2 Å². The first-order valence-electron chi connectivity index (χ1n) is 6.46. The molecule has 0 fully saturated rings. The van der Waals surface area contributed by atoms with Gasteiger partial charge in [-0.25, -0.2) is 0 Å². The first kappa shape index (κ1) is 14.2. The third kappa shape index (κ3) is 3.22. The van der Waals surface area contributed by atoms with E-state index in [0.717, 1.165) is 28.8 Å². The van der Waals surface area contributed by atoms with Crippen molar-refractivity contribution in [2.75, 3.05) is 6.54 Å². The van der Waals surface area contributed by atoms with Crippen LogP contribution in [0.25, 0.3) is 0 Å². The number of hydrogen-bond acceptors (Lipinski definition) is 3. The number of aryl methyl sites for hydroxylation is 2. The van der Waals surface area contributed by atoms with Crippen LogP contribution < -0.4 is 5.32 Å². The maximum Gasteiger partial charge on any atom is 0.0933 e. The van der Waals surface area contributed by atoms with Gasteiger partial charge in [0.15, 0.2) is 0 Å². The van der Waals surface area contributed by atoms with Crippen molar-refractivity contribution in [3.05, 3.63) is 46.0 Å². The molecule has 2 heterocycles. The zero-order chi connectivity index (χ0) is 13.8. The molecule has 0 aromatic carbocycles. The molecular formula is C14H19BrN4. The van der Waals surface area contributed by atoms with E-state index in [4.69, 9.17) is 0 Å². The Hall–Kier alpha value is -1.20. The lowest BCUT2D eigenvalue weighted by Gasteiger charge is -2.19. The first-order valence-corrected chi connectivity index (χ1v) is 7.26. The molecule has 0 radical (unpaired) electrons. The SMILES string of the molecule is CCCNC(c1cc(C)ccn1)c1c(Br)cnn1C. The molecule has 0 aliphatic carbocycles. The van der Waals surface area contributed by atoms with Crippen molar-refractivity contribution in [1.82, 2.24) is 20.1 Å². The highest BCUT2D eigenvalue weighted by Crippen LogP contribution is 2.27. The zero-order valence-electron chi connectivity index (χ0n) is 11.5. The number of pyridine rings is 1. The molecule has 1 N–H and O–H groups in total. The third-order valence-corrected chi connectivity index (χ3v) is 3.65. The van der Waals surface area contributed by atoms with Crippen molar-refractivity contribution in [2.24, 2.45) is 7.05 Å². The van der Waals surface area contributed by atoms with Gasteiger partial charge in [0.1, 0.15) is 0 Å². The van der Waals surface area contributed by atoms with Crippen LogP contribution in [0.4, 0.5) is 0 Å². The summed E-state index contributed by atoms with van der Waals surface area (Å²) in [5.41, 5.74) is 3.34. The normalized spacial score (nSPS) is 12.6. The van der Waals surface area contributed by atoms with E-state index in [9.17, 15) is 0 Å². The summed E-state index contributed by atoms with van der Waals surface area (Å²) in [5.74, 6) is 0. The Morgan fingerprint density at radius 2 is 2.26 bits per heavy atom. The molecular weight excluding hydrogens is 304 g/mol. The molecule has 2 aromatic heterocycles. The van der Waals surface area contributed by atoms with Gasteiger partial charge in [-0.3, -0.25) is 9.67 Å². The number of nitrogens with one attached hydrogen (secondary N) is 1. The minimum Gasteiger partial charge on any atom is -0.304 e. The van der Waals surface area contributed by atoms with Gasteiger partial charge in [0.05, 0.1) is 28.1 Å². The van der Waals surface area contributed by atoms with Crippen LogP contribution in [-0.2, 0) is 7.05 Å². The van der Waals surface area contributed by atoms with Gasteiger partial charge in [-0.05, 0) is 53.5 Å². The van der Waals surface area contributed by atoms with Crippen molar-refractivity contribution in [2.45, 2.75) is 26.3 Å². The van der Waals surface area contributed by atoms with E-state index in [-0.39, 0.29) is 6.04 Å². The van der Waals surface area contributed by atoms with Crippen LogP contribution in [-0.4, -0.2) is 21.3 Å². The predicted molar refractivity (Wildman–Crippen MR) is 80.0 cm³/mol. The molecule has 4 nitrogen and oxygen atoms in total. The molecule has 1 unspecified atom stereocenters. The quantitative estimate of drug-likeness (QED) is 0.920. The summed E-state index contributed by atoms with van der Waals surface area (Å²) in [6.07, 6.45) is 4.76. The summed E-state index contributed by atoms with van der Waals surface area (Å²) >= 11 is 3.57. The minimum absolute atomic E-state index is 0.0572. The van der Waals surface area contributed by atoms with Gasteiger partial charge < -0.3 is 5.32 Å². The van der Waals surface area contributed by atoms with Crippen LogP contribution in [0.3, 0.4) is 0 Å². The summed E-state index contributed by atoms with van der Waals surface area (Å²) in [4.78, 5) is 4.51. The van der Waals surface area contributed by atoms with Crippen LogP contribution in [0.15, 0.2) is 29.0 Å². The lowest BCUT2D eigenvalue weighted by molar-refractivity contribution is 0.542. The molecule has 19 heavy (non-hydrogen) atoms. The second kappa shape index (κ2) is 6.30. The average Bonchev–Trinajstić information content (AvgIpc) is 2.71. The zero-order valence-corrected chi connectivity index (χ0v) is 13.1. The summed E-state index contributed by atoms with van der Waals surface area (Å²) in [6.45, 7) is 5.18. The van der Waals surface area contributed by atoms with Crippen molar-refractivity contribution in [1.29, 1.82) is 0 Å². The van der Waals surface area contributed by atoms with Gasteiger partial charge in [-0.15, -0.1) is 0 Å². The molecule has 0 saturated heterocycles. The molecule has 0 bridgehead atoms. The Kier molecular flexibility index (Phi) is 4.71. The Bertz CT molecular complexity index is 531. The van der Waals surface area contributed by atoms with E-state index < -0.39 is 0 Å². The molecule has 2 rings (SSSR count). The fraction of sp³-hybridized carbons (Fsp3) is 0.429. The van der Waals surface area contributed by atoms with Gasteiger partial charge in [-0.1, -0.05) is 6.92 Å². The smallest absolute Gasteiger partial charge is 0.0933 e. The van der Waals surface area contributed by atoms with Crippen LogP contribution >= 0.6 is 15.9 Å². The highest BCUT2D eigenvalue weighted by atomic mass is 79.9. The Balaban J connectivity index is 2.41. The molecule has 2 aromatic rings. The Morgan fingerprint density at radius 1 is 1.47 bits per heavy atom. The summed E-state index contributed by atoms with van der Waals surface area (Å²) in [6, 6.07) is 4.19. The van der Waals surface area contributed by atoms with Crippen molar-refractivity contribution in [3.63, 3.8) is 0 Å². The first-order chi connectivity index (χ1) is 9.13. The topological polar surface area (TPSA) is 42.7 Å². The number of rotatable bonds is 5. The van der Waals surface area contributed by atoms with Gasteiger partial charge in [0, 0.05) is 13.2 Å². The largest absolute Gasteiger partial charge is 0.304 e. The van der Waals surface area contributed by atoms with Gasteiger partial charge in [0.25, 0.3) is 0 Å². The van der Waals surface area contributed by atoms with Crippen LogP contribution in [0.2, 0.25) is 0 Å². The van der Waals surface area contributed by atoms with Gasteiger partial charge in [-0.2, -0.15) is 5.10 Å². The number of halogens is 1. The minimum atomic E-state index is 0.0572. The second-order valence-electron chi connectivity index (χ2n) is 4.65. The highest BCUT2D eigenvalue weighted by molar-refractivity contribution is 9.10. The number of hydrogen-bond donors (Lipinski definition) is 1. The molecule has 0 aliphatic heterocycles. The molecule has 0 amide bonds. The van der Waals surface area contributed by atoms with Crippen molar-refractivity contribution >= 4 is 15.9 Å². The van der Waals surface area contributed by atoms with E-state index in [1.165, 1.54) is 5.56 Å². The number of nitrogens with zero attached hydrogens (tertiary/aromatic N) is 3. The summed E-state index contributed by atoms with van der Waals surface area (Å²) < 4.78 is 2.90. The lowest BCUT2D eigenvalue weighted by Crippen LogP contribution is -2.26. The molecule has 5 heteroatoms. The number of aromatic nitrogens is 3. The maximum atomic E-state index is 4.51. The Morgan fingerprint density at radius 3 is 2.84 bits per heavy atom. The van der Waals surface area contributed by atoms with E-state index in [1.54, 1.807) is 0 Å². The molecule has 0 aliphatic rings.